The van der Waals surface area contributed by atoms with Gasteiger partial charge in [0.2, 0.25) is 5.91 Å². The Morgan fingerprint density at radius 3 is 2.65 bits per heavy atom. The van der Waals surface area contributed by atoms with Crippen molar-refractivity contribution in [1.82, 2.24) is 14.7 Å². The maximum Gasteiger partial charge on any atom is 0.359 e. The van der Waals surface area contributed by atoms with Gasteiger partial charge in [0.15, 0.2) is 5.69 Å². The van der Waals surface area contributed by atoms with Gasteiger partial charge < -0.3 is 9.64 Å². The number of aromatic nitrogens is 2. The molecular weight excluding hydrogens is 354 g/mol. The molecule has 0 saturated carbocycles. The molecule has 0 unspecified atom stereocenters. The highest BCUT2D eigenvalue weighted by Gasteiger charge is 2.30. The van der Waals surface area contributed by atoms with Crippen LogP contribution in [0.3, 0.4) is 0 Å². The van der Waals surface area contributed by atoms with E-state index in [9.17, 15) is 9.59 Å². The fourth-order valence-electron chi connectivity index (χ4n) is 3.13. The van der Waals surface area contributed by atoms with Crippen LogP contribution >= 0.6 is 11.6 Å². The molecule has 1 amide bonds. The average Bonchev–Trinajstić information content (AvgIpc) is 3.02. The van der Waals surface area contributed by atoms with Crippen LogP contribution in [0.25, 0.3) is 5.69 Å². The van der Waals surface area contributed by atoms with Crippen molar-refractivity contribution in [2.75, 3.05) is 19.0 Å². The predicted molar refractivity (Wildman–Crippen MR) is 98.7 cm³/mol. The fraction of sp³-hybridized carbons (Fsp3) is 0.421. The number of fused-ring (bicyclic) bond motifs is 1. The number of ether oxygens (including phenoxy) is 1. The van der Waals surface area contributed by atoms with Gasteiger partial charge >= 0.3 is 5.97 Å². The van der Waals surface area contributed by atoms with Gasteiger partial charge in [-0.1, -0.05) is 17.7 Å². The van der Waals surface area contributed by atoms with Crippen LogP contribution in [0.4, 0.5) is 0 Å². The quantitative estimate of drug-likeness (QED) is 0.595. The Hall–Kier alpha value is -2.34. The molecular formula is C19H22ClN3O3. The van der Waals surface area contributed by atoms with Crippen LogP contribution in [-0.2, 0) is 22.5 Å². The second-order valence-corrected chi connectivity index (χ2v) is 6.62. The Labute approximate surface area is 157 Å². The summed E-state index contributed by atoms with van der Waals surface area (Å²) in [5, 5.41) is 4.53. The van der Waals surface area contributed by atoms with E-state index in [1.54, 1.807) is 16.5 Å². The first-order valence-corrected chi connectivity index (χ1v) is 9.27. The van der Waals surface area contributed by atoms with Gasteiger partial charge in [-0.2, -0.15) is 5.10 Å². The van der Waals surface area contributed by atoms with Crippen LogP contribution in [0.2, 0.25) is 0 Å². The largest absolute Gasteiger partial charge is 0.461 e. The second kappa shape index (κ2) is 7.91. The molecule has 7 heteroatoms. The van der Waals surface area contributed by atoms with Crippen LogP contribution in [-0.4, -0.2) is 45.6 Å². The Bertz CT molecular complexity index is 814. The summed E-state index contributed by atoms with van der Waals surface area (Å²) < 4.78 is 6.96. The summed E-state index contributed by atoms with van der Waals surface area (Å²) in [7, 11) is 0. The lowest BCUT2D eigenvalue weighted by molar-refractivity contribution is -0.131. The number of halogens is 1. The molecule has 1 aliphatic rings. The minimum absolute atomic E-state index is 0.0106. The molecule has 1 aromatic carbocycles. The Morgan fingerprint density at radius 1 is 1.27 bits per heavy atom. The van der Waals surface area contributed by atoms with Gasteiger partial charge in [0.1, 0.15) is 0 Å². The molecule has 0 bridgehead atoms. The third kappa shape index (κ3) is 3.60. The molecule has 0 aliphatic carbocycles. The lowest BCUT2D eigenvalue weighted by atomic mass is 10.0. The number of amides is 1. The molecule has 0 radical (unpaired) electrons. The van der Waals surface area contributed by atoms with Crippen molar-refractivity contribution in [2.24, 2.45) is 0 Å². The SMILES string of the molecule is CCOC(=O)c1nn(-c2ccc(C)cc2)c2c1CN(C(=O)CCCl)CC2. The number of benzene rings is 1. The first-order chi connectivity index (χ1) is 12.5. The molecule has 1 aromatic heterocycles. The number of esters is 1. The molecule has 138 valence electrons. The summed E-state index contributed by atoms with van der Waals surface area (Å²) in [5.74, 6) is -0.181. The topological polar surface area (TPSA) is 64.4 Å². The van der Waals surface area contributed by atoms with Gasteiger partial charge in [-0.05, 0) is 26.0 Å². The number of alkyl halides is 1. The van der Waals surface area contributed by atoms with Crippen LogP contribution in [0.5, 0.6) is 0 Å². The first-order valence-electron chi connectivity index (χ1n) is 8.73. The van der Waals surface area contributed by atoms with Crippen molar-refractivity contribution in [3.8, 4) is 5.69 Å². The van der Waals surface area contributed by atoms with Gasteiger partial charge in [-0.3, -0.25) is 4.79 Å². The summed E-state index contributed by atoms with van der Waals surface area (Å²) >= 11 is 5.70. The fourth-order valence-corrected chi connectivity index (χ4v) is 3.30. The lowest BCUT2D eigenvalue weighted by Crippen LogP contribution is -2.36. The van der Waals surface area contributed by atoms with E-state index in [-0.39, 0.29) is 30.5 Å². The minimum atomic E-state index is -0.457. The normalized spacial score (nSPS) is 13.4. The maximum absolute atomic E-state index is 12.4. The van der Waals surface area contributed by atoms with Gasteiger partial charge in [0, 0.05) is 37.4 Å². The van der Waals surface area contributed by atoms with E-state index in [0.717, 1.165) is 22.5 Å². The van der Waals surface area contributed by atoms with E-state index >= 15 is 0 Å². The predicted octanol–water partition coefficient (Wildman–Crippen LogP) is 2.87. The summed E-state index contributed by atoms with van der Waals surface area (Å²) in [4.78, 5) is 26.4. The second-order valence-electron chi connectivity index (χ2n) is 6.25. The Balaban J connectivity index is 2.01. The number of carbonyl (C=O) groups is 2. The molecule has 0 saturated heterocycles. The third-order valence-corrected chi connectivity index (χ3v) is 4.65. The van der Waals surface area contributed by atoms with E-state index in [4.69, 9.17) is 16.3 Å². The molecule has 6 nitrogen and oxygen atoms in total. The van der Waals surface area contributed by atoms with Crippen LogP contribution < -0.4 is 0 Å². The van der Waals surface area contributed by atoms with Gasteiger partial charge in [0.05, 0.1) is 18.0 Å². The smallest absolute Gasteiger partial charge is 0.359 e. The summed E-state index contributed by atoms with van der Waals surface area (Å²) in [6.07, 6.45) is 0.918. The molecule has 2 aromatic rings. The first kappa shape index (κ1) is 18.5. The number of hydrogen-bond donors (Lipinski definition) is 0. The van der Waals surface area contributed by atoms with Crippen molar-refractivity contribution < 1.29 is 14.3 Å². The molecule has 3 rings (SSSR count). The van der Waals surface area contributed by atoms with E-state index in [0.29, 0.717) is 19.5 Å². The van der Waals surface area contributed by atoms with Crippen molar-refractivity contribution >= 4 is 23.5 Å². The third-order valence-electron chi connectivity index (χ3n) is 4.47. The summed E-state index contributed by atoms with van der Waals surface area (Å²) in [5.41, 5.74) is 4.04. The highest BCUT2D eigenvalue weighted by Crippen LogP contribution is 2.26. The number of aryl methyl sites for hydroxylation is 1. The molecule has 0 N–H and O–H groups in total. The Kier molecular flexibility index (Phi) is 5.61. The highest BCUT2D eigenvalue weighted by atomic mass is 35.5. The molecule has 0 fully saturated rings. The Morgan fingerprint density at radius 2 is 2.00 bits per heavy atom. The summed E-state index contributed by atoms with van der Waals surface area (Å²) in [6, 6.07) is 7.96. The zero-order valence-corrected chi connectivity index (χ0v) is 15.8. The minimum Gasteiger partial charge on any atom is -0.461 e. The van der Waals surface area contributed by atoms with Crippen molar-refractivity contribution in [3.63, 3.8) is 0 Å². The standard InChI is InChI=1S/C19H22ClN3O3/c1-3-26-19(25)18-15-12-22(17(24)8-10-20)11-9-16(15)23(21-18)14-6-4-13(2)5-7-14/h4-7H,3,8-12H2,1-2H3. The lowest BCUT2D eigenvalue weighted by Gasteiger charge is -2.27. The number of nitrogens with zero attached hydrogens (tertiary/aromatic N) is 3. The van der Waals surface area contributed by atoms with Crippen LogP contribution in [0.15, 0.2) is 24.3 Å². The van der Waals surface area contributed by atoms with Crippen molar-refractivity contribution in [3.05, 3.63) is 46.8 Å². The molecule has 1 aliphatic heterocycles. The van der Waals surface area contributed by atoms with Crippen molar-refractivity contribution in [2.45, 2.75) is 33.2 Å². The highest BCUT2D eigenvalue weighted by molar-refractivity contribution is 6.18. The van der Waals surface area contributed by atoms with Crippen LogP contribution in [0.1, 0.15) is 40.7 Å². The zero-order valence-electron chi connectivity index (χ0n) is 15.0. The number of hydrogen-bond acceptors (Lipinski definition) is 4. The van der Waals surface area contributed by atoms with Crippen LogP contribution in [0, 0.1) is 6.92 Å². The van der Waals surface area contributed by atoms with E-state index in [2.05, 4.69) is 5.10 Å². The molecule has 0 spiro atoms. The van der Waals surface area contributed by atoms with E-state index < -0.39 is 5.97 Å². The van der Waals surface area contributed by atoms with Crippen molar-refractivity contribution in [1.29, 1.82) is 0 Å². The molecule has 26 heavy (non-hydrogen) atoms. The van der Waals surface area contributed by atoms with Gasteiger partial charge in [-0.25, -0.2) is 9.48 Å². The van der Waals surface area contributed by atoms with E-state index in [1.165, 1.54) is 0 Å². The van der Waals surface area contributed by atoms with Gasteiger partial charge in [0.25, 0.3) is 0 Å². The average molecular weight is 376 g/mol. The monoisotopic (exact) mass is 375 g/mol. The van der Waals surface area contributed by atoms with E-state index in [1.807, 2.05) is 31.2 Å². The van der Waals surface area contributed by atoms with Gasteiger partial charge in [-0.15, -0.1) is 11.6 Å². The molecule has 2 heterocycles. The maximum atomic E-state index is 12.4. The molecule has 0 atom stereocenters. The summed E-state index contributed by atoms with van der Waals surface area (Å²) in [6.45, 7) is 5.00. The number of rotatable bonds is 5. The zero-order chi connectivity index (χ0) is 18.7. The number of carbonyl (C=O) groups excluding carboxylic acids is 2.